The number of imidazole rings is 1. The van der Waals surface area contributed by atoms with Gasteiger partial charge in [-0.2, -0.15) is 0 Å². The molecule has 1 unspecified atom stereocenters. The average molecular weight is 459 g/mol. The van der Waals surface area contributed by atoms with E-state index in [0.717, 1.165) is 66.7 Å². The maximum absolute atomic E-state index is 13.9. The maximum atomic E-state index is 13.9. The van der Waals surface area contributed by atoms with Crippen molar-refractivity contribution in [3.8, 4) is 11.4 Å². The quantitative estimate of drug-likeness (QED) is 0.449. The van der Waals surface area contributed by atoms with Crippen LogP contribution in [-0.2, 0) is 4.74 Å². The molecule has 4 aromatic rings. The first-order chi connectivity index (χ1) is 16.7. The molecule has 7 nitrogen and oxygen atoms in total. The number of nitrogens with zero attached hydrogens (tertiary/aromatic N) is 6. The SMILES string of the molecule is C[C@H]1CN(c2cccc(-c3cnc4ccc(N5CCCC5c5cccc(F)c5)nn34)n2)CCO1. The Morgan fingerprint density at radius 3 is 2.82 bits per heavy atom. The number of rotatable bonds is 4. The summed E-state index contributed by atoms with van der Waals surface area (Å²) in [5.74, 6) is 1.59. The second-order valence-corrected chi connectivity index (χ2v) is 9.02. The molecule has 0 spiro atoms. The molecule has 34 heavy (non-hydrogen) atoms. The first-order valence-corrected chi connectivity index (χ1v) is 11.9. The molecule has 0 bridgehead atoms. The van der Waals surface area contributed by atoms with Gasteiger partial charge in [0.2, 0.25) is 0 Å². The lowest BCUT2D eigenvalue weighted by Crippen LogP contribution is -2.41. The van der Waals surface area contributed by atoms with Gasteiger partial charge in [0, 0.05) is 19.6 Å². The number of aromatic nitrogens is 4. The van der Waals surface area contributed by atoms with Crippen molar-refractivity contribution < 1.29 is 9.13 Å². The smallest absolute Gasteiger partial charge is 0.154 e. The van der Waals surface area contributed by atoms with E-state index >= 15 is 0 Å². The van der Waals surface area contributed by atoms with Crippen LogP contribution in [0, 0.1) is 5.82 Å². The number of anilines is 2. The molecule has 3 aromatic heterocycles. The van der Waals surface area contributed by atoms with Crippen molar-refractivity contribution >= 4 is 17.3 Å². The fourth-order valence-corrected chi connectivity index (χ4v) is 5.06. The molecule has 0 aliphatic carbocycles. The monoisotopic (exact) mass is 458 g/mol. The zero-order valence-corrected chi connectivity index (χ0v) is 19.1. The van der Waals surface area contributed by atoms with E-state index in [2.05, 4.69) is 21.7 Å². The maximum Gasteiger partial charge on any atom is 0.154 e. The predicted molar refractivity (Wildman–Crippen MR) is 130 cm³/mol. The van der Waals surface area contributed by atoms with Gasteiger partial charge in [-0.1, -0.05) is 18.2 Å². The molecule has 0 radical (unpaired) electrons. The van der Waals surface area contributed by atoms with E-state index in [1.54, 1.807) is 12.1 Å². The third-order valence-electron chi connectivity index (χ3n) is 6.69. The number of hydrogen-bond donors (Lipinski definition) is 0. The van der Waals surface area contributed by atoms with E-state index in [4.69, 9.17) is 14.8 Å². The molecule has 2 saturated heterocycles. The van der Waals surface area contributed by atoms with Crippen LogP contribution in [0.25, 0.3) is 17.0 Å². The van der Waals surface area contributed by atoms with Crippen molar-refractivity contribution in [2.24, 2.45) is 0 Å². The summed E-state index contributed by atoms with van der Waals surface area (Å²) in [5, 5.41) is 4.96. The zero-order valence-electron chi connectivity index (χ0n) is 19.1. The molecule has 5 heterocycles. The first-order valence-electron chi connectivity index (χ1n) is 11.9. The number of fused-ring (bicyclic) bond motifs is 1. The number of hydrogen-bond acceptors (Lipinski definition) is 6. The Bertz CT molecular complexity index is 1320. The highest BCUT2D eigenvalue weighted by molar-refractivity contribution is 5.62. The fraction of sp³-hybridized carbons (Fsp3) is 0.346. The molecule has 6 rings (SSSR count). The molecule has 2 aliphatic rings. The topological polar surface area (TPSA) is 58.8 Å². The van der Waals surface area contributed by atoms with Gasteiger partial charge in [0.05, 0.1) is 30.6 Å². The molecule has 0 N–H and O–H groups in total. The highest BCUT2D eigenvalue weighted by Crippen LogP contribution is 2.35. The van der Waals surface area contributed by atoms with Crippen molar-refractivity contribution in [1.82, 2.24) is 19.6 Å². The van der Waals surface area contributed by atoms with Gasteiger partial charge >= 0.3 is 0 Å². The van der Waals surface area contributed by atoms with Crippen LogP contribution in [-0.4, -0.2) is 51.9 Å². The van der Waals surface area contributed by atoms with Crippen LogP contribution in [0.5, 0.6) is 0 Å². The van der Waals surface area contributed by atoms with Crippen molar-refractivity contribution in [1.29, 1.82) is 0 Å². The minimum atomic E-state index is -0.203. The van der Waals surface area contributed by atoms with Crippen LogP contribution in [0.1, 0.15) is 31.4 Å². The van der Waals surface area contributed by atoms with E-state index in [0.29, 0.717) is 6.61 Å². The largest absolute Gasteiger partial charge is 0.375 e. The molecular weight excluding hydrogens is 431 g/mol. The molecule has 0 saturated carbocycles. The summed E-state index contributed by atoms with van der Waals surface area (Å²) >= 11 is 0. The van der Waals surface area contributed by atoms with E-state index < -0.39 is 0 Å². The Kier molecular flexibility index (Phi) is 5.37. The Labute approximate surface area is 197 Å². The summed E-state index contributed by atoms with van der Waals surface area (Å²) in [6, 6.07) is 17.1. The van der Waals surface area contributed by atoms with Gasteiger partial charge in [0.1, 0.15) is 23.1 Å². The van der Waals surface area contributed by atoms with E-state index in [-0.39, 0.29) is 18.0 Å². The van der Waals surface area contributed by atoms with Crippen LogP contribution >= 0.6 is 0 Å². The van der Waals surface area contributed by atoms with Crippen LogP contribution in [0.4, 0.5) is 16.0 Å². The van der Waals surface area contributed by atoms with Crippen LogP contribution in [0.15, 0.2) is 60.8 Å². The zero-order chi connectivity index (χ0) is 23.1. The van der Waals surface area contributed by atoms with Crippen molar-refractivity contribution in [2.75, 3.05) is 36.0 Å². The first kappa shape index (κ1) is 21.0. The van der Waals surface area contributed by atoms with Crippen LogP contribution < -0.4 is 9.80 Å². The van der Waals surface area contributed by atoms with Gasteiger partial charge in [0.15, 0.2) is 5.65 Å². The minimum Gasteiger partial charge on any atom is -0.375 e. The number of benzene rings is 1. The lowest BCUT2D eigenvalue weighted by atomic mass is 10.0. The molecule has 2 aliphatic heterocycles. The number of morpholine rings is 1. The second-order valence-electron chi connectivity index (χ2n) is 9.02. The van der Waals surface area contributed by atoms with Crippen LogP contribution in [0.2, 0.25) is 0 Å². The van der Waals surface area contributed by atoms with Crippen molar-refractivity contribution in [3.63, 3.8) is 0 Å². The van der Waals surface area contributed by atoms with Crippen LogP contribution in [0.3, 0.4) is 0 Å². The summed E-state index contributed by atoms with van der Waals surface area (Å²) in [4.78, 5) is 14.0. The minimum absolute atomic E-state index is 0.109. The second kappa shape index (κ2) is 8.68. The summed E-state index contributed by atoms with van der Waals surface area (Å²) in [6.07, 6.45) is 4.03. The molecule has 2 fully saturated rings. The number of ether oxygens (including phenoxy) is 1. The van der Waals surface area contributed by atoms with E-state index in [1.807, 2.05) is 47.1 Å². The Hall–Kier alpha value is -3.52. The predicted octanol–water partition coefficient (Wildman–Crippen LogP) is 4.50. The highest BCUT2D eigenvalue weighted by Gasteiger charge is 2.28. The van der Waals surface area contributed by atoms with Gasteiger partial charge < -0.3 is 14.5 Å². The summed E-state index contributed by atoms with van der Waals surface area (Å²) < 4.78 is 21.4. The Balaban J connectivity index is 1.35. The third kappa shape index (κ3) is 3.88. The lowest BCUT2D eigenvalue weighted by Gasteiger charge is -2.32. The van der Waals surface area contributed by atoms with Gasteiger partial charge in [-0.25, -0.2) is 18.9 Å². The standard InChI is InChI=1S/C26H27FN6O/c1-18-17-31(13-14-34-18)25-9-3-7-21(29-25)23-16-28-24-10-11-26(30-33(23)24)32-12-4-8-22(32)19-5-2-6-20(27)15-19/h2-3,5-7,9-11,15-16,18,22H,4,8,12-14,17H2,1H3/t18-,22?/m0/s1. The molecule has 2 atom stereocenters. The van der Waals surface area contributed by atoms with Gasteiger partial charge in [-0.15, -0.1) is 5.10 Å². The molecule has 8 heteroatoms. The van der Waals surface area contributed by atoms with Gasteiger partial charge in [-0.3, -0.25) is 0 Å². The molecule has 0 amide bonds. The average Bonchev–Trinajstić information content (AvgIpc) is 3.51. The summed E-state index contributed by atoms with van der Waals surface area (Å²) in [7, 11) is 0. The van der Waals surface area contributed by atoms with E-state index in [1.165, 1.54) is 6.07 Å². The van der Waals surface area contributed by atoms with Gasteiger partial charge in [0.25, 0.3) is 0 Å². The summed E-state index contributed by atoms with van der Waals surface area (Å²) in [5.41, 5.74) is 3.44. The number of halogens is 1. The normalized spacial score (nSPS) is 20.9. The molecule has 1 aromatic carbocycles. The Morgan fingerprint density at radius 2 is 1.94 bits per heavy atom. The molecular formula is C26H27FN6O. The van der Waals surface area contributed by atoms with E-state index in [9.17, 15) is 4.39 Å². The van der Waals surface area contributed by atoms with Crippen molar-refractivity contribution in [3.05, 3.63) is 72.2 Å². The van der Waals surface area contributed by atoms with Crippen molar-refractivity contribution in [2.45, 2.75) is 31.9 Å². The summed E-state index contributed by atoms with van der Waals surface area (Å²) in [6.45, 7) is 5.32. The number of pyridine rings is 1. The fourth-order valence-electron chi connectivity index (χ4n) is 5.06. The third-order valence-corrected chi connectivity index (χ3v) is 6.69. The van der Waals surface area contributed by atoms with Gasteiger partial charge in [-0.05, 0) is 61.7 Å². The molecule has 174 valence electrons. The Morgan fingerprint density at radius 1 is 1.03 bits per heavy atom. The lowest BCUT2D eigenvalue weighted by molar-refractivity contribution is 0.0529. The highest BCUT2D eigenvalue weighted by atomic mass is 19.1.